The maximum Gasteiger partial charge on any atom is 0.257 e. The van der Waals surface area contributed by atoms with Crippen LogP contribution < -0.4 is 0 Å². The second-order valence-electron chi connectivity index (χ2n) is 7.81. The zero-order valence-electron chi connectivity index (χ0n) is 16.0. The number of aromatic nitrogens is 2. The van der Waals surface area contributed by atoms with Crippen molar-refractivity contribution in [2.75, 3.05) is 26.3 Å². The first-order chi connectivity index (χ1) is 13.8. The number of morpholine rings is 1. The molecular weight excluding hydrogens is 350 g/mol. The minimum Gasteiger partial charge on any atom is -0.378 e. The number of benzene rings is 1. The summed E-state index contributed by atoms with van der Waals surface area (Å²) in [5.41, 5.74) is 4.04. The molecule has 0 bridgehead atoms. The lowest BCUT2D eigenvalue weighted by Gasteiger charge is -2.26. The van der Waals surface area contributed by atoms with Gasteiger partial charge in [-0.15, -0.1) is 0 Å². The molecule has 1 aliphatic carbocycles. The molecule has 0 spiro atoms. The van der Waals surface area contributed by atoms with E-state index in [0.29, 0.717) is 37.8 Å². The van der Waals surface area contributed by atoms with Gasteiger partial charge in [-0.3, -0.25) is 9.78 Å². The summed E-state index contributed by atoms with van der Waals surface area (Å²) in [5, 5.41) is 0. The van der Waals surface area contributed by atoms with Crippen molar-refractivity contribution in [2.24, 2.45) is 5.92 Å². The first-order valence-corrected chi connectivity index (χ1v) is 10.2. The summed E-state index contributed by atoms with van der Waals surface area (Å²) in [4.78, 5) is 19.4. The number of hydrogen-bond donors (Lipinski definition) is 0. The Bertz CT molecular complexity index is 976. The van der Waals surface area contributed by atoms with E-state index in [0.717, 1.165) is 29.9 Å². The van der Waals surface area contributed by atoms with Gasteiger partial charge in [0.15, 0.2) is 0 Å². The summed E-state index contributed by atoms with van der Waals surface area (Å²) < 4.78 is 7.60. The van der Waals surface area contributed by atoms with E-state index >= 15 is 0 Å². The van der Waals surface area contributed by atoms with Crippen LogP contribution in [0.3, 0.4) is 0 Å². The predicted octanol–water partition coefficient (Wildman–Crippen LogP) is 3.70. The van der Waals surface area contributed by atoms with E-state index in [1.165, 1.54) is 12.0 Å². The highest BCUT2D eigenvalue weighted by atomic mass is 16.5. The van der Waals surface area contributed by atoms with Gasteiger partial charge >= 0.3 is 0 Å². The van der Waals surface area contributed by atoms with Gasteiger partial charge < -0.3 is 14.2 Å². The van der Waals surface area contributed by atoms with E-state index in [2.05, 4.69) is 45.9 Å². The Labute approximate surface area is 164 Å². The molecule has 28 heavy (non-hydrogen) atoms. The molecule has 5 nitrogen and oxygen atoms in total. The van der Waals surface area contributed by atoms with Gasteiger partial charge in [0, 0.05) is 32.0 Å². The molecule has 2 unspecified atom stereocenters. The minimum absolute atomic E-state index is 0.0688. The van der Waals surface area contributed by atoms with Gasteiger partial charge in [0.2, 0.25) is 0 Å². The van der Waals surface area contributed by atoms with Crippen LogP contribution in [-0.4, -0.2) is 46.7 Å². The van der Waals surface area contributed by atoms with Crippen LogP contribution in [0.15, 0.2) is 54.9 Å². The third kappa shape index (κ3) is 3.31. The largest absolute Gasteiger partial charge is 0.378 e. The molecule has 144 valence electrons. The Morgan fingerprint density at radius 2 is 1.93 bits per heavy atom. The van der Waals surface area contributed by atoms with Crippen LogP contribution >= 0.6 is 0 Å². The third-order valence-electron chi connectivity index (χ3n) is 6.06. The number of ether oxygens (including phenoxy) is 1. The van der Waals surface area contributed by atoms with Gasteiger partial charge in [-0.25, -0.2) is 0 Å². The molecular formula is C23H25N3O2. The normalized spacial score (nSPS) is 21.8. The third-order valence-corrected chi connectivity index (χ3v) is 6.06. The number of amides is 1. The predicted molar refractivity (Wildman–Crippen MR) is 108 cm³/mol. The molecule has 2 aliphatic rings. The monoisotopic (exact) mass is 375 g/mol. The lowest BCUT2D eigenvalue weighted by atomic mass is 10.1. The van der Waals surface area contributed by atoms with Crippen LogP contribution in [-0.2, 0) is 11.3 Å². The van der Waals surface area contributed by atoms with Crippen molar-refractivity contribution in [1.82, 2.24) is 14.5 Å². The number of carbonyl (C=O) groups excluding carboxylic acids is 1. The number of rotatable bonds is 5. The topological polar surface area (TPSA) is 47.4 Å². The number of pyridine rings is 1. The number of hydrogen-bond acceptors (Lipinski definition) is 3. The molecule has 2 atom stereocenters. The zero-order chi connectivity index (χ0) is 18.9. The summed E-state index contributed by atoms with van der Waals surface area (Å²) in [6, 6.07) is 14.8. The van der Waals surface area contributed by atoms with Crippen molar-refractivity contribution in [3.63, 3.8) is 0 Å². The lowest BCUT2D eigenvalue weighted by molar-refractivity contribution is 0.0304. The Kier molecular flexibility index (Phi) is 4.61. The lowest BCUT2D eigenvalue weighted by Crippen LogP contribution is -2.40. The number of nitrogens with zero attached hydrogens (tertiary/aromatic N) is 3. The molecule has 5 rings (SSSR count). The summed E-state index contributed by atoms with van der Waals surface area (Å²) >= 11 is 0. The molecule has 2 aromatic heterocycles. The Morgan fingerprint density at radius 1 is 1.11 bits per heavy atom. The van der Waals surface area contributed by atoms with Crippen LogP contribution in [0.1, 0.15) is 34.7 Å². The zero-order valence-corrected chi connectivity index (χ0v) is 16.0. The highest BCUT2D eigenvalue weighted by molar-refractivity contribution is 6.05. The highest BCUT2D eigenvalue weighted by Gasteiger charge is 2.37. The Hall–Kier alpha value is -2.66. The average Bonchev–Trinajstić information content (AvgIpc) is 3.46. The molecule has 0 radical (unpaired) electrons. The van der Waals surface area contributed by atoms with Crippen molar-refractivity contribution in [3.05, 3.63) is 66.0 Å². The summed E-state index contributed by atoms with van der Waals surface area (Å²) in [5.74, 6) is 1.49. The molecule has 5 heteroatoms. The first kappa shape index (κ1) is 17.4. The Balaban J connectivity index is 1.33. The molecule has 1 saturated carbocycles. The summed E-state index contributed by atoms with van der Waals surface area (Å²) in [6.45, 7) is 3.45. The fourth-order valence-corrected chi connectivity index (χ4v) is 4.38. The molecule has 3 aromatic rings. The molecule has 1 aliphatic heterocycles. The van der Waals surface area contributed by atoms with E-state index in [1.807, 2.05) is 17.2 Å². The van der Waals surface area contributed by atoms with Crippen LogP contribution in [0.2, 0.25) is 0 Å². The Morgan fingerprint density at radius 3 is 2.75 bits per heavy atom. The van der Waals surface area contributed by atoms with Crippen molar-refractivity contribution >= 4 is 16.9 Å². The van der Waals surface area contributed by atoms with E-state index in [9.17, 15) is 4.79 Å². The van der Waals surface area contributed by atoms with Crippen molar-refractivity contribution in [3.8, 4) is 0 Å². The summed E-state index contributed by atoms with van der Waals surface area (Å²) in [7, 11) is 0. The second-order valence-corrected chi connectivity index (χ2v) is 7.81. The van der Waals surface area contributed by atoms with E-state index in [1.54, 1.807) is 6.20 Å². The summed E-state index contributed by atoms with van der Waals surface area (Å²) in [6.07, 6.45) is 6.18. The molecule has 1 saturated heterocycles. The van der Waals surface area contributed by atoms with E-state index < -0.39 is 0 Å². The van der Waals surface area contributed by atoms with E-state index in [4.69, 9.17) is 4.74 Å². The van der Waals surface area contributed by atoms with Gasteiger partial charge in [0.05, 0.1) is 24.3 Å². The maximum atomic E-state index is 13.0. The van der Waals surface area contributed by atoms with Crippen LogP contribution in [0.25, 0.3) is 11.0 Å². The fourth-order valence-electron chi connectivity index (χ4n) is 4.38. The quantitative estimate of drug-likeness (QED) is 0.683. The van der Waals surface area contributed by atoms with Crippen molar-refractivity contribution in [1.29, 1.82) is 0 Å². The molecule has 2 fully saturated rings. The van der Waals surface area contributed by atoms with E-state index in [-0.39, 0.29) is 5.91 Å². The molecule has 1 aromatic carbocycles. The maximum absolute atomic E-state index is 13.0. The van der Waals surface area contributed by atoms with Crippen LogP contribution in [0.5, 0.6) is 0 Å². The molecule has 0 N–H and O–H groups in total. The standard InChI is InChI=1S/C23H25N3O2/c27-23(25-11-13-28-14-12-25)20-16-26(21-7-4-9-24-22(20)21)10-8-18-15-19(18)17-5-2-1-3-6-17/h1-7,9,16,18-19H,8,10-15H2. The average molecular weight is 375 g/mol. The van der Waals surface area contributed by atoms with Crippen LogP contribution in [0, 0.1) is 5.92 Å². The second kappa shape index (κ2) is 7.40. The highest BCUT2D eigenvalue weighted by Crippen LogP contribution is 2.49. The van der Waals surface area contributed by atoms with Gasteiger partial charge in [0.1, 0.15) is 5.52 Å². The number of aryl methyl sites for hydroxylation is 1. The number of fused-ring (bicyclic) bond motifs is 1. The fraction of sp³-hybridized carbons (Fsp3) is 0.391. The van der Waals surface area contributed by atoms with Gasteiger partial charge in [-0.05, 0) is 42.4 Å². The van der Waals surface area contributed by atoms with Gasteiger partial charge in [-0.1, -0.05) is 30.3 Å². The first-order valence-electron chi connectivity index (χ1n) is 10.2. The molecule has 1 amide bonds. The van der Waals surface area contributed by atoms with Gasteiger partial charge in [0.25, 0.3) is 5.91 Å². The van der Waals surface area contributed by atoms with Gasteiger partial charge in [-0.2, -0.15) is 0 Å². The van der Waals surface area contributed by atoms with Crippen LogP contribution in [0.4, 0.5) is 0 Å². The van der Waals surface area contributed by atoms with Crippen molar-refractivity contribution in [2.45, 2.75) is 25.3 Å². The SMILES string of the molecule is O=C(c1cn(CCC2CC2c2ccccc2)c2cccnc12)N1CCOCC1. The number of carbonyl (C=O) groups is 1. The molecule has 3 heterocycles. The smallest absolute Gasteiger partial charge is 0.257 e. The van der Waals surface area contributed by atoms with Crippen molar-refractivity contribution < 1.29 is 9.53 Å². The minimum atomic E-state index is 0.0688.